The van der Waals surface area contributed by atoms with Gasteiger partial charge < -0.3 is 15.4 Å². The van der Waals surface area contributed by atoms with E-state index in [1.165, 1.54) is 71.2 Å². The predicted molar refractivity (Wildman–Crippen MR) is 119 cm³/mol. The number of rotatable bonds is 7. The summed E-state index contributed by atoms with van der Waals surface area (Å²) in [5.41, 5.74) is 0. The van der Waals surface area contributed by atoms with Crippen LogP contribution in [-0.2, 0) is 4.74 Å². The fourth-order valence-corrected chi connectivity index (χ4v) is 4.24. The van der Waals surface area contributed by atoms with Gasteiger partial charge >= 0.3 is 0 Å². The van der Waals surface area contributed by atoms with Crippen molar-refractivity contribution >= 4 is 29.9 Å². The zero-order chi connectivity index (χ0) is 17.3. The average Bonchev–Trinajstić information content (AvgIpc) is 2.93. The second-order valence-corrected chi connectivity index (χ2v) is 7.62. The van der Waals surface area contributed by atoms with Crippen LogP contribution in [0.15, 0.2) is 4.99 Å². The second-order valence-electron chi connectivity index (χ2n) is 7.62. The Kier molecular flexibility index (Phi) is 10.5. The van der Waals surface area contributed by atoms with Crippen molar-refractivity contribution in [3.05, 3.63) is 0 Å². The van der Waals surface area contributed by atoms with Gasteiger partial charge in [0.05, 0.1) is 19.3 Å². The van der Waals surface area contributed by atoms with Crippen molar-refractivity contribution in [3.63, 3.8) is 0 Å². The molecular formula is C19H38IN5O. The van der Waals surface area contributed by atoms with Gasteiger partial charge in [-0.2, -0.15) is 0 Å². The average molecular weight is 479 g/mol. The molecule has 1 saturated carbocycles. The monoisotopic (exact) mass is 479 g/mol. The van der Waals surface area contributed by atoms with Crippen molar-refractivity contribution in [2.24, 2.45) is 4.99 Å². The van der Waals surface area contributed by atoms with Gasteiger partial charge in [-0.15, -0.1) is 24.0 Å². The van der Waals surface area contributed by atoms with Crippen LogP contribution >= 0.6 is 24.0 Å². The zero-order valence-corrected chi connectivity index (χ0v) is 18.7. The number of guanidine groups is 1. The molecule has 26 heavy (non-hydrogen) atoms. The summed E-state index contributed by atoms with van der Waals surface area (Å²) in [6.07, 6.45) is 8.37. The lowest BCUT2D eigenvalue weighted by Crippen LogP contribution is -2.62. The fourth-order valence-electron chi connectivity index (χ4n) is 4.24. The van der Waals surface area contributed by atoms with E-state index in [1.807, 2.05) is 0 Å². The number of aliphatic imine (C=N–C) groups is 1. The number of hydrogen-bond donors (Lipinski definition) is 2. The van der Waals surface area contributed by atoms with Crippen LogP contribution in [0.5, 0.6) is 0 Å². The summed E-state index contributed by atoms with van der Waals surface area (Å²) < 4.78 is 6.07. The maximum absolute atomic E-state index is 6.07. The van der Waals surface area contributed by atoms with Crippen LogP contribution in [0.3, 0.4) is 0 Å². The maximum atomic E-state index is 6.07. The van der Waals surface area contributed by atoms with Crippen molar-refractivity contribution in [2.45, 2.75) is 57.6 Å². The molecule has 3 saturated heterocycles. The van der Waals surface area contributed by atoms with Gasteiger partial charge in [0.25, 0.3) is 0 Å². The van der Waals surface area contributed by atoms with Gasteiger partial charge in [0, 0.05) is 51.9 Å². The molecule has 1 unspecified atom stereocenters. The molecule has 0 aromatic heterocycles. The predicted octanol–water partition coefficient (Wildman–Crippen LogP) is 1.90. The molecule has 3 heterocycles. The van der Waals surface area contributed by atoms with Crippen LogP contribution in [-0.4, -0.2) is 86.9 Å². The minimum Gasteiger partial charge on any atom is -0.376 e. The van der Waals surface area contributed by atoms with Crippen molar-refractivity contribution < 1.29 is 4.74 Å². The smallest absolute Gasteiger partial charge is 0.191 e. The van der Waals surface area contributed by atoms with Gasteiger partial charge in [-0.25, -0.2) is 0 Å². The molecule has 3 aliphatic heterocycles. The van der Waals surface area contributed by atoms with Gasteiger partial charge in [-0.1, -0.05) is 25.7 Å². The lowest BCUT2D eigenvalue weighted by Gasteiger charge is -2.47. The first-order chi connectivity index (χ1) is 12.3. The molecule has 0 aromatic rings. The van der Waals surface area contributed by atoms with E-state index in [1.54, 1.807) is 0 Å². The Morgan fingerprint density at radius 1 is 1.04 bits per heavy atom. The molecule has 2 bridgehead atoms. The van der Waals surface area contributed by atoms with Gasteiger partial charge in [0.2, 0.25) is 0 Å². The molecule has 6 nitrogen and oxygen atoms in total. The molecule has 152 valence electrons. The Labute approximate surface area is 176 Å². The molecule has 2 N–H and O–H groups in total. The highest BCUT2D eigenvalue weighted by molar-refractivity contribution is 14.0. The quantitative estimate of drug-likeness (QED) is 0.192. The first-order valence-electron chi connectivity index (χ1n) is 10.5. The highest BCUT2D eigenvalue weighted by Crippen LogP contribution is 2.19. The first kappa shape index (κ1) is 22.2. The molecule has 0 spiro atoms. The third-order valence-electron chi connectivity index (χ3n) is 5.75. The minimum atomic E-state index is 0. The maximum Gasteiger partial charge on any atom is 0.191 e. The summed E-state index contributed by atoms with van der Waals surface area (Å²) in [5.74, 6) is 0.935. The second kappa shape index (κ2) is 12.4. The topological polar surface area (TPSA) is 52.1 Å². The Morgan fingerprint density at radius 3 is 2.38 bits per heavy atom. The van der Waals surface area contributed by atoms with Crippen LogP contribution in [0.2, 0.25) is 0 Å². The Morgan fingerprint density at radius 2 is 1.77 bits per heavy atom. The van der Waals surface area contributed by atoms with Crippen molar-refractivity contribution in [1.82, 2.24) is 20.4 Å². The van der Waals surface area contributed by atoms with Gasteiger partial charge in [-0.3, -0.25) is 14.8 Å². The Bertz CT molecular complexity index is 407. The van der Waals surface area contributed by atoms with E-state index in [4.69, 9.17) is 9.73 Å². The lowest BCUT2D eigenvalue weighted by atomic mass is 10.1. The summed E-state index contributed by atoms with van der Waals surface area (Å²) in [6.45, 7) is 11.6. The summed E-state index contributed by atoms with van der Waals surface area (Å²) in [7, 11) is 0. The number of fused-ring (bicyclic) bond motifs is 3. The van der Waals surface area contributed by atoms with Crippen LogP contribution in [0.1, 0.15) is 45.4 Å². The molecule has 7 heteroatoms. The van der Waals surface area contributed by atoms with E-state index >= 15 is 0 Å². The largest absolute Gasteiger partial charge is 0.376 e. The highest BCUT2D eigenvalue weighted by atomic mass is 127. The number of nitrogens with zero attached hydrogens (tertiary/aromatic N) is 3. The van der Waals surface area contributed by atoms with Crippen molar-refractivity contribution in [2.75, 3.05) is 59.0 Å². The molecule has 4 rings (SSSR count). The Balaban J connectivity index is 0.00000243. The summed E-state index contributed by atoms with van der Waals surface area (Å²) >= 11 is 0. The number of hydrogen-bond acceptors (Lipinski definition) is 4. The SMILES string of the molecule is CCNC(=NCC1CN2CCN1CC2)NCCOC1CCCCCC1.I. The number of nitrogens with one attached hydrogen (secondary N) is 2. The van der Waals surface area contributed by atoms with E-state index in [9.17, 15) is 0 Å². The number of halogens is 1. The van der Waals surface area contributed by atoms with E-state index in [0.717, 1.165) is 32.2 Å². The number of piperazine rings is 3. The molecular weight excluding hydrogens is 441 g/mol. The van der Waals surface area contributed by atoms with Crippen LogP contribution < -0.4 is 10.6 Å². The van der Waals surface area contributed by atoms with E-state index in [0.29, 0.717) is 12.1 Å². The highest BCUT2D eigenvalue weighted by Gasteiger charge is 2.31. The first-order valence-corrected chi connectivity index (χ1v) is 10.5. The molecule has 0 aromatic carbocycles. The van der Waals surface area contributed by atoms with E-state index in [2.05, 4.69) is 27.4 Å². The van der Waals surface area contributed by atoms with Gasteiger partial charge in [0.15, 0.2) is 5.96 Å². The fraction of sp³-hybridized carbons (Fsp3) is 0.947. The van der Waals surface area contributed by atoms with Crippen LogP contribution in [0.4, 0.5) is 0 Å². The molecule has 4 aliphatic rings. The molecule has 4 fully saturated rings. The molecule has 1 aliphatic carbocycles. The van der Waals surface area contributed by atoms with E-state index in [-0.39, 0.29) is 24.0 Å². The third-order valence-corrected chi connectivity index (χ3v) is 5.75. The van der Waals surface area contributed by atoms with Gasteiger partial charge in [-0.05, 0) is 19.8 Å². The minimum absolute atomic E-state index is 0. The van der Waals surface area contributed by atoms with Crippen molar-refractivity contribution in [3.8, 4) is 0 Å². The lowest BCUT2D eigenvalue weighted by molar-refractivity contribution is 0.0174. The third kappa shape index (κ3) is 7.13. The molecule has 0 amide bonds. The van der Waals surface area contributed by atoms with Gasteiger partial charge in [0.1, 0.15) is 0 Å². The normalized spacial score (nSPS) is 29.7. The van der Waals surface area contributed by atoms with Crippen LogP contribution in [0.25, 0.3) is 0 Å². The summed E-state index contributed by atoms with van der Waals surface area (Å²) in [6, 6.07) is 0.584. The Hall–Kier alpha value is -0.120. The molecule has 1 atom stereocenters. The standard InChI is InChI=1S/C19H37N5O.HI/c1-2-20-19(21-9-14-25-18-7-5-3-4-6-8-18)22-15-17-16-23-10-12-24(17)13-11-23;/h17-18H,2-16H2,1H3,(H2,20,21,22);1H. The summed E-state index contributed by atoms with van der Waals surface area (Å²) in [5, 5.41) is 6.81. The van der Waals surface area contributed by atoms with Crippen LogP contribution in [0, 0.1) is 0 Å². The molecule has 0 radical (unpaired) electrons. The number of ether oxygens (including phenoxy) is 1. The van der Waals surface area contributed by atoms with Crippen molar-refractivity contribution in [1.29, 1.82) is 0 Å². The summed E-state index contributed by atoms with van der Waals surface area (Å²) in [4.78, 5) is 10.00. The zero-order valence-electron chi connectivity index (χ0n) is 16.4. The van der Waals surface area contributed by atoms with E-state index < -0.39 is 0 Å².